The van der Waals surface area contributed by atoms with Gasteiger partial charge in [-0.2, -0.15) is 22.0 Å². The van der Waals surface area contributed by atoms with E-state index in [1.807, 2.05) is 0 Å². The molecule has 44 heavy (non-hydrogen) atoms. The van der Waals surface area contributed by atoms with Crippen molar-refractivity contribution in [2.75, 3.05) is 0 Å². The third-order valence-corrected chi connectivity index (χ3v) is 16.4. The van der Waals surface area contributed by atoms with Crippen LogP contribution in [0, 0.1) is 5.41 Å². The molecule has 2 unspecified atom stereocenters. The lowest BCUT2D eigenvalue weighted by molar-refractivity contribution is -0.289. The molecule has 0 bridgehead atoms. The number of nitrogens with zero attached hydrogens (tertiary/aromatic N) is 1. The Bertz CT molecular complexity index is 1420. The van der Waals surface area contributed by atoms with Gasteiger partial charge in [0.1, 0.15) is 11.7 Å². The van der Waals surface area contributed by atoms with Gasteiger partial charge in [-0.15, -0.1) is 0 Å². The zero-order valence-corrected chi connectivity index (χ0v) is 30.3. The summed E-state index contributed by atoms with van der Waals surface area (Å²) in [6.45, 7) is 20.0. The smallest absolute Gasteiger partial charge is 0.410 e. The first kappa shape index (κ1) is 34.2. The molecule has 1 spiro atoms. The van der Waals surface area contributed by atoms with Crippen LogP contribution >= 0.6 is 22.6 Å². The standard InChI is InChI=1S/C34H45F5INO2Si/c1-19(2)28-26-27(25-22(41-28)17-31(6,7)18-23(25)43-44(8,9)30(3,4)5)32(16-10-11-24(32)40)42-29(26)20-12-14-21(15-13-20)33(35,36)34(37,38)39/h12-15,19,23-24,29H,10-11,16-18H2,1-9H3/t23-,24?,29+,32?/m0/s1. The van der Waals surface area contributed by atoms with Crippen LogP contribution in [-0.2, 0) is 27.1 Å². The number of fused-ring (bicyclic) bond motifs is 4. The van der Waals surface area contributed by atoms with Crippen LogP contribution in [0.15, 0.2) is 24.3 Å². The minimum atomic E-state index is -5.67. The average molecular weight is 750 g/mol. The molecule has 244 valence electrons. The summed E-state index contributed by atoms with van der Waals surface area (Å²) in [5.74, 6) is -4.90. The SMILES string of the molecule is CC(C)c1nc2c(c3c1[C@@H](c1ccc(C(F)(F)C(F)(F)F)cc1)OC31CCCC1I)[C@@H](O[Si](C)(C)C(C)(C)C)CC(C)(C)C2. The molecule has 1 aromatic heterocycles. The number of halogens is 6. The molecule has 0 amide bonds. The molecule has 2 aromatic rings. The van der Waals surface area contributed by atoms with Gasteiger partial charge in [0.2, 0.25) is 0 Å². The van der Waals surface area contributed by atoms with E-state index >= 15 is 0 Å². The Labute approximate surface area is 273 Å². The van der Waals surface area contributed by atoms with Crippen LogP contribution in [0.3, 0.4) is 0 Å². The fourth-order valence-electron chi connectivity index (χ4n) is 7.03. The van der Waals surface area contributed by atoms with E-state index in [4.69, 9.17) is 14.1 Å². The van der Waals surface area contributed by atoms with Crippen molar-refractivity contribution >= 4 is 30.9 Å². The van der Waals surface area contributed by atoms with Crippen molar-refractivity contribution in [3.05, 3.63) is 63.5 Å². The highest BCUT2D eigenvalue weighted by molar-refractivity contribution is 14.1. The first-order valence-corrected chi connectivity index (χ1v) is 19.8. The average Bonchev–Trinajstić information content (AvgIpc) is 3.41. The lowest BCUT2D eigenvalue weighted by atomic mass is 9.70. The number of benzene rings is 1. The van der Waals surface area contributed by atoms with E-state index in [-0.39, 0.29) is 26.4 Å². The van der Waals surface area contributed by atoms with E-state index < -0.39 is 37.7 Å². The van der Waals surface area contributed by atoms with E-state index in [0.29, 0.717) is 5.56 Å². The van der Waals surface area contributed by atoms with Crippen molar-refractivity contribution in [2.45, 2.75) is 138 Å². The zero-order chi connectivity index (χ0) is 32.8. The maximum absolute atomic E-state index is 14.2. The van der Waals surface area contributed by atoms with Crippen LogP contribution in [0.4, 0.5) is 22.0 Å². The van der Waals surface area contributed by atoms with E-state index in [9.17, 15) is 22.0 Å². The largest absolute Gasteiger partial charge is 0.458 e. The van der Waals surface area contributed by atoms with E-state index in [1.165, 1.54) is 12.1 Å². The van der Waals surface area contributed by atoms with Gasteiger partial charge in [0.15, 0.2) is 8.32 Å². The number of alkyl halides is 6. The van der Waals surface area contributed by atoms with Gasteiger partial charge in [0.05, 0.1) is 6.10 Å². The molecule has 2 heterocycles. The van der Waals surface area contributed by atoms with E-state index in [0.717, 1.165) is 72.3 Å². The summed E-state index contributed by atoms with van der Waals surface area (Å²) in [5.41, 5.74) is 3.99. The highest BCUT2D eigenvalue weighted by atomic mass is 127. The number of rotatable bonds is 5. The van der Waals surface area contributed by atoms with Crippen molar-refractivity contribution in [1.82, 2.24) is 4.98 Å². The van der Waals surface area contributed by atoms with Crippen LogP contribution in [0.25, 0.3) is 0 Å². The van der Waals surface area contributed by atoms with Crippen LogP contribution < -0.4 is 0 Å². The van der Waals surface area contributed by atoms with Crippen LogP contribution in [0.5, 0.6) is 0 Å². The summed E-state index contributed by atoms with van der Waals surface area (Å²) in [7, 11) is -2.21. The van der Waals surface area contributed by atoms with Crippen LogP contribution in [-0.4, -0.2) is 23.4 Å². The monoisotopic (exact) mass is 749 g/mol. The molecule has 3 aliphatic rings. The van der Waals surface area contributed by atoms with Crippen molar-refractivity contribution in [3.63, 3.8) is 0 Å². The molecule has 1 aromatic carbocycles. The predicted molar refractivity (Wildman–Crippen MR) is 174 cm³/mol. The Morgan fingerprint density at radius 3 is 2.14 bits per heavy atom. The van der Waals surface area contributed by atoms with Gasteiger partial charge in [-0.3, -0.25) is 4.98 Å². The Morgan fingerprint density at radius 1 is 1.02 bits per heavy atom. The summed E-state index contributed by atoms with van der Waals surface area (Å²) in [5, 5.41) is -0.000664. The van der Waals surface area contributed by atoms with Gasteiger partial charge in [-0.05, 0) is 67.1 Å². The molecule has 0 radical (unpaired) electrons. The third-order valence-electron chi connectivity index (χ3n) is 10.3. The number of aromatic nitrogens is 1. The Hall–Kier alpha value is -1.11. The highest BCUT2D eigenvalue weighted by Crippen LogP contribution is 2.62. The molecule has 0 saturated heterocycles. The normalized spacial score (nSPS) is 27.2. The topological polar surface area (TPSA) is 31.4 Å². The Kier molecular flexibility index (Phi) is 8.54. The molecular formula is C34H45F5INO2Si. The molecular weight excluding hydrogens is 704 g/mol. The van der Waals surface area contributed by atoms with Gasteiger partial charge < -0.3 is 9.16 Å². The molecule has 1 saturated carbocycles. The van der Waals surface area contributed by atoms with Gasteiger partial charge in [-0.1, -0.05) is 95.3 Å². The number of ether oxygens (including phenoxy) is 1. The second-order valence-electron chi connectivity index (χ2n) is 15.7. The van der Waals surface area contributed by atoms with Crippen LogP contribution in [0.1, 0.15) is 131 Å². The maximum Gasteiger partial charge on any atom is 0.458 e. The zero-order valence-electron chi connectivity index (χ0n) is 27.2. The minimum Gasteiger partial charge on any atom is -0.410 e. The Balaban J connectivity index is 1.75. The molecule has 5 rings (SSSR count). The number of pyridine rings is 1. The van der Waals surface area contributed by atoms with Crippen molar-refractivity contribution in [3.8, 4) is 0 Å². The first-order valence-electron chi connectivity index (χ1n) is 15.6. The fraction of sp³-hybridized carbons (Fsp3) is 0.676. The predicted octanol–water partition coefficient (Wildman–Crippen LogP) is 11.2. The number of hydrogen-bond donors (Lipinski definition) is 0. The summed E-state index contributed by atoms with van der Waals surface area (Å²) < 4.78 is 82.4. The van der Waals surface area contributed by atoms with Crippen molar-refractivity contribution < 1.29 is 31.1 Å². The molecule has 1 aliphatic heterocycles. The highest BCUT2D eigenvalue weighted by Gasteiger charge is 2.59. The fourth-order valence-corrected chi connectivity index (χ4v) is 9.51. The molecule has 1 fully saturated rings. The third kappa shape index (κ3) is 5.59. The molecule has 0 N–H and O–H groups in total. The maximum atomic E-state index is 14.2. The van der Waals surface area contributed by atoms with E-state index in [1.54, 1.807) is 0 Å². The lowest BCUT2D eigenvalue weighted by Crippen LogP contribution is -2.44. The van der Waals surface area contributed by atoms with Gasteiger partial charge >= 0.3 is 12.1 Å². The summed E-state index contributed by atoms with van der Waals surface area (Å²) in [6.07, 6.45) is -2.08. The van der Waals surface area contributed by atoms with E-state index in [2.05, 4.69) is 84.2 Å². The summed E-state index contributed by atoms with van der Waals surface area (Å²) in [4.78, 5) is 5.35. The summed E-state index contributed by atoms with van der Waals surface area (Å²) >= 11 is 2.49. The number of hydrogen-bond acceptors (Lipinski definition) is 3. The molecule has 2 aliphatic carbocycles. The van der Waals surface area contributed by atoms with Crippen molar-refractivity contribution in [1.29, 1.82) is 0 Å². The molecule has 4 atom stereocenters. The quantitative estimate of drug-likeness (QED) is 0.132. The summed E-state index contributed by atoms with van der Waals surface area (Å²) in [6, 6.07) is 4.52. The van der Waals surface area contributed by atoms with Gasteiger partial charge in [0.25, 0.3) is 0 Å². The second kappa shape index (κ2) is 11.0. The minimum absolute atomic E-state index is 0.000664. The molecule has 10 heteroatoms. The van der Waals surface area contributed by atoms with Gasteiger partial charge in [-0.25, -0.2) is 0 Å². The van der Waals surface area contributed by atoms with Gasteiger partial charge in [0, 0.05) is 37.6 Å². The first-order chi connectivity index (χ1) is 20.0. The second-order valence-corrected chi connectivity index (χ2v) is 21.9. The Morgan fingerprint density at radius 2 is 1.64 bits per heavy atom. The lowest BCUT2D eigenvalue weighted by Gasteiger charge is -2.45. The van der Waals surface area contributed by atoms with Crippen LogP contribution in [0.2, 0.25) is 18.1 Å². The molecule has 3 nitrogen and oxygen atoms in total. The van der Waals surface area contributed by atoms with Crippen molar-refractivity contribution in [2.24, 2.45) is 5.41 Å².